The highest BCUT2D eigenvalue weighted by atomic mass is 19.1. The summed E-state index contributed by atoms with van der Waals surface area (Å²) < 4.78 is 43.3. The van der Waals surface area contributed by atoms with Gasteiger partial charge in [-0.1, -0.05) is 50.2 Å². The molecule has 2 aliphatic rings. The predicted molar refractivity (Wildman–Crippen MR) is 222 cm³/mol. The molecule has 0 aliphatic carbocycles. The smallest absolute Gasteiger partial charge is 0.237 e. The number of rotatable bonds is 14. The highest BCUT2D eigenvalue weighted by molar-refractivity contribution is 5.85. The van der Waals surface area contributed by atoms with Gasteiger partial charge in [0.05, 0.1) is 0 Å². The van der Waals surface area contributed by atoms with E-state index in [1.807, 2.05) is 53.7 Å². The Morgan fingerprint density at radius 1 is 0.621 bits per heavy atom. The largest absolute Gasteiger partial charge is 0.471 e. The van der Waals surface area contributed by atoms with Gasteiger partial charge in [-0.15, -0.1) is 0 Å². The van der Waals surface area contributed by atoms with Gasteiger partial charge in [0.2, 0.25) is 11.8 Å². The molecule has 0 radical (unpaired) electrons. The molecule has 6 rings (SSSR count). The molecule has 2 aliphatic heterocycles. The van der Waals surface area contributed by atoms with Gasteiger partial charge in [0.15, 0.2) is 0 Å². The number of halogens is 2. The summed E-state index contributed by atoms with van der Waals surface area (Å²) in [5, 5.41) is 0. The first kappa shape index (κ1) is 43.2. The number of carbonyl (C=O) groups excluding carboxylic acids is 1. The topological polar surface area (TPSA) is 93.6 Å². The molecule has 0 bridgehead atoms. The van der Waals surface area contributed by atoms with Crippen LogP contribution in [0.15, 0.2) is 73.3 Å². The monoisotopic (exact) mass is 796 g/mol. The summed E-state index contributed by atoms with van der Waals surface area (Å²) in [5.41, 5.74) is 0.942. The number of nitrogens with zero attached hydrogens (tertiary/aromatic N) is 6. The molecule has 0 saturated carbocycles. The van der Waals surface area contributed by atoms with Crippen molar-refractivity contribution in [3.8, 4) is 11.8 Å². The zero-order valence-corrected chi connectivity index (χ0v) is 35.7. The number of hydrogen-bond donors (Lipinski definition) is 0. The van der Waals surface area contributed by atoms with Crippen LogP contribution in [0.3, 0.4) is 0 Å². The Morgan fingerprint density at radius 2 is 0.966 bits per heavy atom. The average molecular weight is 797 g/mol. The molecule has 312 valence electrons. The molecule has 2 fully saturated rings. The van der Waals surface area contributed by atoms with E-state index < -0.39 is 33.9 Å². The third kappa shape index (κ3) is 11.0. The molecular weight excluding hydrogens is 735 g/mol. The van der Waals surface area contributed by atoms with E-state index in [-0.39, 0.29) is 30.3 Å². The van der Waals surface area contributed by atoms with Crippen LogP contribution < -0.4 is 9.47 Å². The molecule has 4 aromatic rings. The molecule has 2 saturated heterocycles. The van der Waals surface area contributed by atoms with Gasteiger partial charge in [-0.2, -0.15) is 0 Å². The molecule has 2 unspecified atom stereocenters. The zero-order valence-electron chi connectivity index (χ0n) is 35.7. The quantitative estimate of drug-likeness (QED) is 0.124. The van der Waals surface area contributed by atoms with Crippen LogP contribution in [-0.4, -0.2) is 72.9 Å². The average Bonchev–Trinajstić information content (AvgIpc) is 3.16. The standard InChI is InChI=1S/C47H62F2N6O3/c1-44(2,3)57-42-39(50-21-23-52-42)31-54-25-17-46(7,18-26-54)35(29-33-13-9-11-15-37(33)48)41(56)36(30-34-14-10-12-16-38(34)49)47(8)19-27-55(28-20-47)32-40-43(53-24-22-51-40)58-45(4,5)6/h9-16,21-24,35-36H,17-20,25-32H2,1-8H3. The summed E-state index contributed by atoms with van der Waals surface area (Å²) in [7, 11) is 0. The van der Waals surface area contributed by atoms with Crippen LogP contribution >= 0.6 is 0 Å². The summed E-state index contributed by atoms with van der Waals surface area (Å²) in [4.78, 5) is 38.5. The molecule has 0 spiro atoms. The van der Waals surface area contributed by atoms with E-state index in [0.717, 1.165) is 63.3 Å². The van der Waals surface area contributed by atoms with Crippen molar-refractivity contribution in [2.24, 2.45) is 22.7 Å². The first-order chi connectivity index (χ1) is 27.4. The summed E-state index contributed by atoms with van der Waals surface area (Å²) in [6, 6.07) is 13.6. The number of aromatic nitrogens is 4. The summed E-state index contributed by atoms with van der Waals surface area (Å²) in [6.45, 7) is 20.4. The maximum atomic E-state index is 15.6. The van der Waals surface area contributed by atoms with Crippen molar-refractivity contribution in [3.63, 3.8) is 0 Å². The second-order valence-corrected chi connectivity index (χ2v) is 19.0. The molecule has 2 aromatic heterocycles. The summed E-state index contributed by atoms with van der Waals surface area (Å²) >= 11 is 0. The third-order valence-corrected chi connectivity index (χ3v) is 12.2. The molecule has 4 heterocycles. The Labute approximate surface area is 344 Å². The fraction of sp³-hybridized carbons (Fsp3) is 0.553. The third-order valence-electron chi connectivity index (χ3n) is 12.2. The Kier molecular flexibility index (Phi) is 13.3. The van der Waals surface area contributed by atoms with Gasteiger partial charge >= 0.3 is 0 Å². The summed E-state index contributed by atoms with van der Waals surface area (Å²) in [6.07, 6.45) is 10.2. The van der Waals surface area contributed by atoms with Crippen molar-refractivity contribution < 1.29 is 23.0 Å². The number of carbonyl (C=O) groups is 1. The first-order valence-electron chi connectivity index (χ1n) is 20.8. The van der Waals surface area contributed by atoms with Gasteiger partial charge in [0.1, 0.15) is 40.0 Å². The van der Waals surface area contributed by atoms with Crippen LogP contribution in [0.2, 0.25) is 0 Å². The molecule has 58 heavy (non-hydrogen) atoms. The highest BCUT2D eigenvalue weighted by Gasteiger charge is 2.49. The lowest BCUT2D eigenvalue weighted by molar-refractivity contribution is -0.138. The Hall–Kier alpha value is -4.35. The van der Waals surface area contributed by atoms with E-state index in [9.17, 15) is 0 Å². The SMILES string of the molecule is CC(C)(C)Oc1nccnc1CN1CCC(C)(C(Cc2ccccc2F)C(=O)C(Cc2ccccc2F)C2(C)CCN(Cc3nccnc3OC(C)(C)C)CC2)CC1. The Bertz CT molecular complexity index is 1860. The van der Waals surface area contributed by atoms with Crippen LogP contribution in [0.4, 0.5) is 8.78 Å². The maximum absolute atomic E-state index is 15.6. The van der Waals surface area contributed by atoms with E-state index in [4.69, 9.17) is 9.47 Å². The van der Waals surface area contributed by atoms with E-state index in [1.165, 1.54) is 12.1 Å². The normalized spacial score (nSPS) is 18.7. The fourth-order valence-electron chi connectivity index (χ4n) is 8.63. The van der Waals surface area contributed by atoms with Crippen molar-refractivity contribution in [3.05, 3.63) is 107 Å². The molecule has 2 atom stereocenters. The lowest BCUT2D eigenvalue weighted by Crippen LogP contribution is -2.51. The minimum atomic E-state index is -0.480. The molecular formula is C47H62F2N6O3. The predicted octanol–water partition coefficient (Wildman–Crippen LogP) is 9.09. The number of ether oxygens (including phenoxy) is 2. The molecule has 2 aromatic carbocycles. The number of ketones is 1. The van der Waals surface area contributed by atoms with Crippen LogP contribution in [0.5, 0.6) is 11.8 Å². The van der Waals surface area contributed by atoms with Gasteiger partial charge in [-0.3, -0.25) is 24.6 Å². The lowest BCUT2D eigenvalue weighted by atomic mass is 9.59. The molecule has 0 amide bonds. The van der Waals surface area contributed by atoms with Gasteiger partial charge in [0, 0.05) is 49.7 Å². The fourth-order valence-corrected chi connectivity index (χ4v) is 8.63. The van der Waals surface area contributed by atoms with Crippen LogP contribution in [-0.2, 0) is 30.7 Å². The molecule has 9 nitrogen and oxygen atoms in total. The van der Waals surface area contributed by atoms with Crippen LogP contribution in [0.1, 0.15) is 104 Å². The first-order valence-corrected chi connectivity index (χ1v) is 20.8. The number of benzene rings is 2. The highest BCUT2D eigenvalue weighted by Crippen LogP contribution is 2.48. The second kappa shape index (κ2) is 17.9. The number of hydrogen-bond acceptors (Lipinski definition) is 9. The van der Waals surface area contributed by atoms with E-state index >= 15 is 13.6 Å². The number of Topliss-reactive ketones (excluding diaryl/α,β-unsaturated/α-hetero) is 1. The number of likely N-dealkylation sites (tertiary alicyclic amines) is 2. The summed E-state index contributed by atoms with van der Waals surface area (Å²) in [5.74, 6) is -0.415. The van der Waals surface area contributed by atoms with Gasteiger partial charge < -0.3 is 9.47 Å². The van der Waals surface area contributed by atoms with Crippen LogP contribution in [0.25, 0.3) is 0 Å². The van der Waals surface area contributed by atoms with Crippen molar-refractivity contribution in [1.29, 1.82) is 0 Å². The van der Waals surface area contributed by atoms with Crippen molar-refractivity contribution in [1.82, 2.24) is 29.7 Å². The van der Waals surface area contributed by atoms with Crippen LogP contribution in [0, 0.1) is 34.3 Å². The van der Waals surface area contributed by atoms with Gasteiger partial charge in [0.25, 0.3) is 0 Å². The maximum Gasteiger partial charge on any atom is 0.237 e. The molecule has 11 heteroatoms. The molecule has 0 N–H and O–H groups in total. The number of piperidine rings is 2. The van der Waals surface area contributed by atoms with E-state index in [1.54, 1.807) is 49.1 Å². The van der Waals surface area contributed by atoms with Crippen molar-refractivity contribution >= 4 is 5.78 Å². The zero-order chi connectivity index (χ0) is 41.7. The van der Waals surface area contributed by atoms with E-state index in [2.05, 4.69) is 43.6 Å². The lowest BCUT2D eigenvalue weighted by Gasteiger charge is -2.48. The minimum Gasteiger partial charge on any atom is -0.471 e. The second-order valence-electron chi connectivity index (χ2n) is 19.0. The van der Waals surface area contributed by atoms with Crippen molar-refractivity contribution in [2.45, 2.75) is 118 Å². The Morgan fingerprint density at radius 3 is 1.31 bits per heavy atom. The minimum absolute atomic E-state index is 0.1000. The Balaban J connectivity index is 1.26. The van der Waals surface area contributed by atoms with Gasteiger partial charge in [-0.25, -0.2) is 18.7 Å². The van der Waals surface area contributed by atoms with Gasteiger partial charge in [-0.05, 0) is 140 Å². The van der Waals surface area contributed by atoms with Crippen molar-refractivity contribution in [2.75, 3.05) is 26.2 Å². The van der Waals surface area contributed by atoms with E-state index in [0.29, 0.717) is 36.0 Å².